The lowest BCUT2D eigenvalue weighted by atomic mass is 10.3. The quantitative estimate of drug-likeness (QED) is 0.728. The molecule has 0 aromatic heterocycles. The van der Waals surface area contributed by atoms with E-state index in [1.165, 1.54) is 0 Å². The fraction of sp³-hybridized carbons (Fsp3) is 0.300. The highest BCUT2D eigenvalue weighted by atomic mass is 127. The highest BCUT2D eigenvalue weighted by Gasteiger charge is 2.23. The van der Waals surface area contributed by atoms with Gasteiger partial charge in [-0.3, -0.25) is 4.79 Å². The largest absolute Gasteiger partial charge is 0.311 e. The Labute approximate surface area is 101 Å². The Kier molecular flexibility index (Phi) is 2.97. The molecule has 0 unspecified atom stereocenters. The Morgan fingerprint density at radius 3 is 2.86 bits per heavy atom. The second-order valence-corrected chi connectivity index (χ2v) is 4.71. The van der Waals surface area contributed by atoms with Gasteiger partial charge in [-0.25, -0.2) is 0 Å². The van der Waals surface area contributed by atoms with E-state index in [0.29, 0.717) is 11.4 Å². The molecule has 1 aromatic rings. The first-order chi connectivity index (χ1) is 6.70. The molecule has 74 valence electrons. The number of benzene rings is 1. The Morgan fingerprint density at radius 1 is 1.43 bits per heavy atom. The Balaban J connectivity index is 2.41. The minimum atomic E-state index is 0.199. The van der Waals surface area contributed by atoms with Crippen molar-refractivity contribution < 1.29 is 4.79 Å². The van der Waals surface area contributed by atoms with Gasteiger partial charge in [-0.2, -0.15) is 0 Å². The van der Waals surface area contributed by atoms with Crippen LogP contribution in [0.4, 0.5) is 5.69 Å². The summed E-state index contributed by atoms with van der Waals surface area (Å²) in [5.74, 6) is 0.199. The lowest BCUT2D eigenvalue weighted by molar-refractivity contribution is -0.117. The van der Waals surface area contributed by atoms with Crippen LogP contribution in [0.25, 0.3) is 0 Å². The minimum absolute atomic E-state index is 0.199. The van der Waals surface area contributed by atoms with Gasteiger partial charge in [-0.15, -0.1) is 0 Å². The molecule has 0 atom stereocenters. The SMILES string of the molecule is O=C1CCCN1c1cccc(Cl)c1I. The highest BCUT2D eigenvalue weighted by molar-refractivity contribution is 14.1. The summed E-state index contributed by atoms with van der Waals surface area (Å²) in [7, 11) is 0. The number of halogens is 2. The van der Waals surface area contributed by atoms with Gasteiger partial charge in [-0.1, -0.05) is 17.7 Å². The van der Waals surface area contributed by atoms with E-state index >= 15 is 0 Å². The third-order valence-corrected chi connectivity index (χ3v) is 4.06. The fourth-order valence-electron chi connectivity index (χ4n) is 1.60. The molecule has 1 heterocycles. The number of nitrogens with zero attached hydrogens (tertiary/aromatic N) is 1. The van der Waals surface area contributed by atoms with E-state index in [9.17, 15) is 4.79 Å². The lowest BCUT2D eigenvalue weighted by Gasteiger charge is -2.17. The summed E-state index contributed by atoms with van der Waals surface area (Å²) in [5, 5.41) is 0.711. The molecule has 2 rings (SSSR count). The third kappa shape index (κ3) is 1.75. The van der Waals surface area contributed by atoms with Gasteiger partial charge in [0, 0.05) is 13.0 Å². The molecule has 1 saturated heterocycles. The first-order valence-electron chi connectivity index (χ1n) is 4.44. The summed E-state index contributed by atoms with van der Waals surface area (Å²) >= 11 is 8.17. The zero-order valence-corrected chi connectivity index (χ0v) is 10.4. The van der Waals surface area contributed by atoms with Crippen LogP contribution in [-0.2, 0) is 4.79 Å². The Bertz CT molecular complexity index is 380. The van der Waals surface area contributed by atoms with Crippen molar-refractivity contribution in [1.82, 2.24) is 0 Å². The summed E-state index contributed by atoms with van der Waals surface area (Å²) in [6.07, 6.45) is 1.60. The predicted octanol–water partition coefficient (Wildman–Crippen LogP) is 3.07. The normalized spacial score (nSPS) is 16.4. The number of amides is 1. The zero-order chi connectivity index (χ0) is 10.1. The van der Waals surface area contributed by atoms with Gasteiger partial charge in [-0.05, 0) is 41.1 Å². The Hall–Kier alpha value is -0.290. The van der Waals surface area contributed by atoms with Crippen molar-refractivity contribution in [2.75, 3.05) is 11.4 Å². The van der Waals surface area contributed by atoms with E-state index in [4.69, 9.17) is 11.6 Å². The van der Waals surface area contributed by atoms with Crippen molar-refractivity contribution >= 4 is 45.8 Å². The summed E-state index contributed by atoms with van der Waals surface area (Å²) in [6, 6.07) is 5.66. The molecule has 1 fully saturated rings. The number of carbonyl (C=O) groups excluding carboxylic acids is 1. The molecule has 1 aliphatic rings. The minimum Gasteiger partial charge on any atom is -0.311 e. The second-order valence-electron chi connectivity index (χ2n) is 3.22. The number of anilines is 1. The van der Waals surface area contributed by atoms with Crippen molar-refractivity contribution in [2.24, 2.45) is 0 Å². The molecule has 1 aromatic carbocycles. The lowest BCUT2D eigenvalue weighted by Crippen LogP contribution is -2.24. The third-order valence-electron chi connectivity index (χ3n) is 2.30. The maximum absolute atomic E-state index is 11.5. The van der Waals surface area contributed by atoms with E-state index < -0.39 is 0 Å². The zero-order valence-electron chi connectivity index (χ0n) is 7.46. The van der Waals surface area contributed by atoms with Crippen LogP contribution < -0.4 is 4.90 Å². The van der Waals surface area contributed by atoms with E-state index in [0.717, 1.165) is 22.2 Å². The molecule has 0 bridgehead atoms. The van der Waals surface area contributed by atoms with Crippen molar-refractivity contribution in [3.8, 4) is 0 Å². The van der Waals surface area contributed by atoms with E-state index in [2.05, 4.69) is 22.6 Å². The fourth-order valence-corrected chi connectivity index (χ4v) is 2.42. The molecule has 0 aliphatic carbocycles. The molecule has 0 saturated carbocycles. The molecular formula is C10H9ClINO. The van der Waals surface area contributed by atoms with Gasteiger partial charge in [0.05, 0.1) is 14.3 Å². The molecular weight excluding hydrogens is 312 g/mol. The van der Waals surface area contributed by atoms with Gasteiger partial charge in [0.2, 0.25) is 5.91 Å². The van der Waals surface area contributed by atoms with Crippen LogP contribution in [0, 0.1) is 3.57 Å². The standard InChI is InChI=1S/C10H9ClINO/c11-7-3-1-4-8(10(7)12)13-6-2-5-9(13)14/h1,3-4H,2,5-6H2. The van der Waals surface area contributed by atoms with Crippen molar-refractivity contribution in [3.05, 3.63) is 26.8 Å². The summed E-state index contributed by atoms with van der Waals surface area (Å²) in [6.45, 7) is 0.815. The van der Waals surface area contributed by atoms with Crippen LogP contribution in [0.1, 0.15) is 12.8 Å². The van der Waals surface area contributed by atoms with Crippen LogP contribution in [0.3, 0.4) is 0 Å². The maximum Gasteiger partial charge on any atom is 0.227 e. The number of carbonyl (C=O) groups is 1. The Morgan fingerprint density at radius 2 is 2.21 bits per heavy atom. The topological polar surface area (TPSA) is 20.3 Å². The van der Waals surface area contributed by atoms with Crippen LogP contribution in [0.2, 0.25) is 5.02 Å². The van der Waals surface area contributed by atoms with Gasteiger partial charge < -0.3 is 4.90 Å². The van der Waals surface area contributed by atoms with Crippen molar-refractivity contribution in [2.45, 2.75) is 12.8 Å². The summed E-state index contributed by atoms with van der Waals surface area (Å²) in [4.78, 5) is 13.3. The first kappa shape index (κ1) is 10.2. The van der Waals surface area contributed by atoms with Crippen molar-refractivity contribution in [3.63, 3.8) is 0 Å². The molecule has 4 heteroatoms. The first-order valence-corrected chi connectivity index (χ1v) is 5.90. The molecule has 0 spiro atoms. The monoisotopic (exact) mass is 321 g/mol. The molecule has 14 heavy (non-hydrogen) atoms. The molecule has 1 amide bonds. The van der Waals surface area contributed by atoms with Gasteiger partial charge in [0.1, 0.15) is 0 Å². The van der Waals surface area contributed by atoms with Crippen LogP contribution >= 0.6 is 34.2 Å². The molecule has 0 N–H and O–H groups in total. The molecule has 1 aliphatic heterocycles. The van der Waals surface area contributed by atoms with Gasteiger partial charge >= 0.3 is 0 Å². The maximum atomic E-state index is 11.5. The van der Waals surface area contributed by atoms with Crippen LogP contribution in [0.15, 0.2) is 18.2 Å². The highest BCUT2D eigenvalue weighted by Crippen LogP contribution is 2.31. The summed E-state index contributed by atoms with van der Waals surface area (Å²) in [5.41, 5.74) is 0.945. The number of hydrogen-bond acceptors (Lipinski definition) is 1. The van der Waals surface area contributed by atoms with Gasteiger partial charge in [0.15, 0.2) is 0 Å². The van der Waals surface area contributed by atoms with E-state index in [1.54, 1.807) is 0 Å². The molecule has 2 nitrogen and oxygen atoms in total. The van der Waals surface area contributed by atoms with Crippen LogP contribution in [0.5, 0.6) is 0 Å². The number of rotatable bonds is 1. The predicted molar refractivity (Wildman–Crippen MR) is 65.8 cm³/mol. The van der Waals surface area contributed by atoms with Gasteiger partial charge in [0.25, 0.3) is 0 Å². The smallest absolute Gasteiger partial charge is 0.227 e. The average molecular weight is 322 g/mol. The summed E-state index contributed by atoms with van der Waals surface area (Å²) < 4.78 is 0.960. The second kappa shape index (κ2) is 4.06. The van der Waals surface area contributed by atoms with Crippen LogP contribution in [-0.4, -0.2) is 12.5 Å². The van der Waals surface area contributed by atoms with E-state index in [1.807, 2.05) is 23.1 Å². The average Bonchev–Trinajstić information content (AvgIpc) is 2.57. The van der Waals surface area contributed by atoms with E-state index in [-0.39, 0.29) is 5.91 Å². The molecule has 0 radical (unpaired) electrons. The number of hydrogen-bond donors (Lipinski definition) is 0. The van der Waals surface area contributed by atoms with Crippen molar-refractivity contribution in [1.29, 1.82) is 0 Å².